The number of rotatable bonds is 6. The first-order valence-electron chi connectivity index (χ1n) is 9.72. The van der Waals surface area contributed by atoms with Crippen molar-refractivity contribution in [2.24, 2.45) is 11.8 Å². The van der Waals surface area contributed by atoms with Crippen LogP contribution in [-0.2, 0) is 4.79 Å². The van der Waals surface area contributed by atoms with E-state index in [0.29, 0.717) is 35.4 Å². The fourth-order valence-corrected chi connectivity index (χ4v) is 3.66. The van der Waals surface area contributed by atoms with Crippen LogP contribution in [0.25, 0.3) is 16.6 Å². The molecule has 1 aliphatic rings. The van der Waals surface area contributed by atoms with Crippen LogP contribution >= 0.6 is 0 Å². The molecule has 3 heterocycles. The first kappa shape index (κ1) is 17.5. The highest BCUT2D eigenvalue weighted by atomic mass is 16.3. The van der Waals surface area contributed by atoms with Crippen LogP contribution in [0, 0.1) is 11.8 Å². The normalized spacial score (nSPS) is 18.1. The highest BCUT2D eigenvalue weighted by Crippen LogP contribution is 2.40. The zero-order chi connectivity index (χ0) is 20.0. The van der Waals surface area contributed by atoms with Gasteiger partial charge in [-0.15, -0.1) is 0 Å². The summed E-state index contributed by atoms with van der Waals surface area (Å²) in [6, 6.07) is 9.60. The lowest BCUT2D eigenvalue weighted by atomic mass is 10.2. The van der Waals surface area contributed by atoms with Gasteiger partial charge in [0.2, 0.25) is 5.91 Å². The first-order chi connectivity index (χ1) is 14.1. The number of furan rings is 1. The van der Waals surface area contributed by atoms with Gasteiger partial charge in [0.1, 0.15) is 22.9 Å². The molecule has 0 radical (unpaired) electrons. The lowest BCUT2D eigenvalue weighted by molar-refractivity contribution is -0.116. The molecule has 29 heavy (non-hydrogen) atoms. The van der Waals surface area contributed by atoms with Crippen molar-refractivity contribution in [1.29, 1.82) is 0 Å². The molecule has 1 fully saturated rings. The number of nitrogens with zero attached hydrogens (tertiary/aromatic N) is 3. The molecule has 3 N–H and O–H groups in total. The fourth-order valence-electron chi connectivity index (χ4n) is 3.66. The summed E-state index contributed by atoms with van der Waals surface area (Å²) in [6.07, 6.45) is 4.96. The van der Waals surface area contributed by atoms with Gasteiger partial charge in [-0.05, 0) is 36.5 Å². The second-order valence-corrected chi connectivity index (χ2v) is 7.56. The number of aromatic nitrogens is 3. The predicted octanol–water partition coefficient (Wildman–Crippen LogP) is 4.25. The third-order valence-electron chi connectivity index (χ3n) is 5.48. The minimum atomic E-state index is 0.00332. The zero-order valence-corrected chi connectivity index (χ0v) is 16.3. The standard InChI is InChI=1S/C21H22N6O2/c1-12-8-13(12)9-20(28)25-16-11-23-27-19(22-2)10-18(26-21(16)27)24-15-4-3-5-17-14(15)6-7-29-17/h3-7,10-13,22H,8-9H2,1-2H3,(H,24,26)(H,25,28)/t12-,13-/m0/s1. The molecule has 4 aromatic rings. The van der Waals surface area contributed by atoms with Crippen LogP contribution in [0.3, 0.4) is 0 Å². The summed E-state index contributed by atoms with van der Waals surface area (Å²) in [4.78, 5) is 17.1. The summed E-state index contributed by atoms with van der Waals surface area (Å²) in [5.74, 6) is 2.53. The van der Waals surface area contributed by atoms with Crippen molar-refractivity contribution in [2.45, 2.75) is 19.8 Å². The number of anilines is 4. The van der Waals surface area contributed by atoms with Crippen molar-refractivity contribution < 1.29 is 9.21 Å². The van der Waals surface area contributed by atoms with Crippen molar-refractivity contribution in [3.05, 3.63) is 42.8 Å². The van der Waals surface area contributed by atoms with Gasteiger partial charge in [-0.1, -0.05) is 13.0 Å². The third kappa shape index (κ3) is 3.26. The van der Waals surface area contributed by atoms with Crippen molar-refractivity contribution in [3.63, 3.8) is 0 Å². The number of amides is 1. The topological polar surface area (TPSA) is 96.5 Å². The number of benzene rings is 1. The van der Waals surface area contributed by atoms with E-state index >= 15 is 0 Å². The van der Waals surface area contributed by atoms with Crippen molar-refractivity contribution in [2.75, 3.05) is 23.0 Å². The molecular formula is C21H22N6O2. The van der Waals surface area contributed by atoms with Crippen molar-refractivity contribution in [1.82, 2.24) is 14.6 Å². The molecule has 1 amide bonds. The highest BCUT2D eigenvalue weighted by Gasteiger charge is 2.34. The van der Waals surface area contributed by atoms with E-state index in [1.165, 1.54) is 0 Å². The van der Waals surface area contributed by atoms with Gasteiger partial charge in [-0.25, -0.2) is 4.98 Å². The highest BCUT2D eigenvalue weighted by molar-refractivity contribution is 5.95. The Morgan fingerprint density at radius 3 is 2.97 bits per heavy atom. The monoisotopic (exact) mass is 390 g/mol. The van der Waals surface area contributed by atoms with E-state index in [4.69, 9.17) is 9.40 Å². The molecule has 0 bridgehead atoms. The molecule has 8 heteroatoms. The van der Waals surface area contributed by atoms with E-state index in [-0.39, 0.29) is 5.91 Å². The van der Waals surface area contributed by atoms with E-state index in [1.807, 2.05) is 37.4 Å². The largest absolute Gasteiger partial charge is 0.464 e. The molecule has 0 unspecified atom stereocenters. The maximum atomic E-state index is 12.4. The summed E-state index contributed by atoms with van der Waals surface area (Å²) in [5.41, 5.74) is 2.88. The van der Waals surface area contributed by atoms with Gasteiger partial charge < -0.3 is 20.4 Å². The quantitative estimate of drug-likeness (QED) is 0.456. The molecule has 0 aliphatic heterocycles. The number of carbonyl (C=O) groups excluding carboxylic acids is 1. The Hall–Kier alpha value is -3.55. The van der Waals surface area contributed by atoms with Crippen LogP contribution in [0.4, 0.5) is 23.0 Å². The van der Waals surface area contributed by atoms with Crippen LogP contribution < -0.4 is 16.0 Å². The van der Waals surface area contributed by atoms with Gasteiger partial charge in [0.25, 0.3) is 0 Å². The predicted molar refractivity (Wildman–Crippen MR) is 113 cm³/mol. The van der Waals surface area contributed by atoms with E-state index in [0.717, 1.165) is 28.9 Å². The minimum absolute atomic E-state index is 0.00332. The zero-order valence-electron chi connectivity index (χ0n) is 16.3. The van der Waals surface area contributed by atoms with Crippen LogP contribution in [-0.4, -0.2) is 27.6 Å². The molecule has 8 nitrogen and oxygen atoms in total. The maximum Gasteiger partial charge on any atom is 0.224 e. The smallest absolute Gasteiger partial charge is 0.224 e. The van der Waals surface area contributed by atoms with Gasteiger partial charge in [0.05, 0.1) is 18.1 Å². The Morgan fingerprint density at radius 1 is 1.31 bits per heavy atom. The number of fused-ring (bicyclic) bond motifs is 2. The van der Waals surface area contributed by atoms with Crippen LogP contribution in [0.1, 0.15) is 19.8 Å². The van der Waals surface area contributed by atoms with E-state index < -0.39 is 0 Å². The average molecular weight is 390 g/mol. The molecule has 5 rings (SSSR count). The minimum Gasteiger partial charge on any atom is -0.464 e. The molecular weight excluding hydrogens is 368 g/mol. The van der Waals surface area contributed by atoms with Crippen LogP contribution in [0.15, 0.2) is 47.2 Å². The summed E-state index contributed by atoms with van der Waals surface area (Å²) in [6.45, 7) is 2.17. The summed E-state index contributed by atoms with van der Waals surface area (Å²) < 4.78 is 7.15. The molecule has 0 saturated heterocycles. The Labute approximate surface area is 167 Å². The number of nitrogens with one attached hydrogen (secondary N) is 3. The summed E-state index contributed by atoms with van der Waals surface area (Å²) >= 11 is 0. The Bertz CT molecular complexity index is 1210. The van der Waals surface area contributed by atoms with Gasteiger partial charge >= 0.3 is 0 Å². The van der Waals surface area contributed by atoms with Crippen LogP contribution in [0.5, 0.6) is 0 Å². The number of hydrogen-bond donors (Lipinski definition) is 3. The maximum absolute atomic E-state index is 12.4. The Morgan fingerprint density at radius 2 is 2.17 bits per heavy atom. The number of carbonyl (C=O) groups is 1. The third-order valence-corrected chi connectivity index (χ3v) is 5.48. The van der Waals surface area contributed by atoms with Gasteiger partial charge in [-0.3, -0.25) is 4.79 Å². The number of hydrogen-bond acceptors (Lipinski definition) is 6. The summed E-state index contributed by atoms with van der Waals surface area (Å²) in [5, 5.41) is 14.8. The second kappa shape index (κ2) is 6.80. The second-order valence-electron chi connectivity index (χ2n) is 7.56. The van der Waals surface area contributed by atoms with E-state index in [1.54, 1.807) is 17.0 Å². The van der Waals surface area contributed by atoms with Gasteiger partial charge in [0, 0.05) is 24.9 Å². The SMILES string of the molecule is CNc1cc(Nc2cccc3occc23)nc2c(NC(=O)C[C@@H]3C[C@@H]3C)cnn12. The fraction of sp³-hybridized carbons (Fsp3) is 0.286. The molecule has 1 saturated carbocycles. The average Bonchev–Trinajstić information content (AvgIpc) is 3.10. The Balaban J connectivity index is 1.48. The molecule has 1 aromatic carbocycles. The van der Waals surface area contributed by atoms with E-state index in [2.05, 4.69) is 28.0 Å². The Kier molecular flexibility index (Phi) is 4.12. The van der Waals surface area contributed by atoms with Gasteiger partial charge in [-0.2, -0.15) is 9.61 Å². The molecule has 0 spiro atoms. The summed E-state index contributed by atoms with van der Waals surface area (Å²) in [7, 11) is 1.82. The molecule has 2 atom stereocenters. The van der Waals surface area contributed by atoms with E-state index in [9.17, 15) is 4.79 Å². The lowest BCUT2D eigenvalue weighted by Gasteiger charge is -2.11. The van der Waals surface area contributed by atoms with Crippen molar-refractivity contribution in [3.8, 4) is 0 Å². The van der Waals surface area contributed by atoms with Gasteiger partial charge in [0.15, 0.2) is 5.65 Å². The molecule has 3 aromatic heterocycles. The molecule has 148 valence electrons. The lowest BCUT2D eigenvalue weighted by Crippen LogP contribution is -2.12. The van der Waals surface area contributed by atoms with Crippen molar-refractivity contribution >= 4 is 45.5 Å². The van der Waals surface area contributed by atoms with Crippen LogP contribution in [0.2, 0.25) is 0 Å². The first-order valence-corrected chi connectivity index (χ1v) is 9.72. The molecule has 1 aliphatic carbocycles.